The smallest absolute Gasteiger partial charge is 0.416 e. The van der Waals surface area contributed by atoms with E-state index in [1.54, 1.807) is 24.3 Å². The molecule has 22 heavy (non-hydrogen) atoms. The molecule has 0 aliphatic carbocycles. The van der Waals surface area contributed by atoms with Gasteiger partial charge in [-0.05, 0) is 35.9 Å². The van der Waals surface area contributed by atoms with E-state index in [1.807, 2.05) is 0 Å². The van der Waals surface area contributed by atoms with E-state index in [2.05, 4.69) is 0 Å². The maximum atomic E-state index is 12.6. The Balaban J connectivity index is 2.03. The molecule has 0 heterocycles. The Kier molecular flexibility index (Phi) is 4.92. The van der Waals surface area contributed by atoms with Crippen molar-refractivity contribution >= 4 is 0 Å². The van der Waals surface area contributed by atoms with Crippen molar-refractivity contribution in [1.82, 2.24) is 0 Å². The lowest BCUT2D eigenvalue weighted by Gasteiger charge is -2.14. The highest BCUT2D eigenvalue weighted by Crippen LogP contribution is 2.31. The van der Waals surface area contributed by atoms with Gasteiger partial charge in [-0.3, -0.25) is 0 Å². The van der Waals surface area contributed by atoms with Crippen LogP contribution in [0.3, 0.4) is 0 Å². The zero-order valence-corrected chi connectivity index (χ0v) is 11.8. The quantitative estimate of drug-likeness (QED) is 0.912. The van der Waals surface area contributed by atoms with Crippen LogP contribution in [0.4, 0.5) is 13.2 Å². The molecule has 118 valence electrons. The predicted molar refractivity (Wildman–Crippen MR) is 74.9 cm³/mol. The molecule has 1 atom stereocenters. The molecule has 0 aliphatic rings. The summed E-state index contributed by atoms with van der Waals surface area (Å²) in [6.07, 6.45) is -5.39. The normalized spacial score (nSPS) is 12.8. The van der Waals surface area contributed by atoms with E-state index in [-0.39, 0.29) is 12.4 Å². The number of hydrogen-bond acceptors (Lipinski definition) is 3. The molecule has 0 aliphatic heterocycles. The molecule has 2 aromatic carbocycles. The molecule has 2 aromatic rings. The summed E-state index contributed by atoms with van der Waals surface area (Å²) in [6.45, 7) is -0.158. The molecular weight excluding hydrogens is 297 g/mol. The van der Waals surface area contributed by atoms with Crippen molar-refractivity contribution in [3.05, 3.63) is 59.7 Å². The third-order valence-electron chi connectivity index (χ3n) is 3.05. The monoisotopic (exact) mass is 312 g/mol. The minimum absolute atomic E-state index is 0.0526. The lowest BCUT2D eigenvalue weighted by molar-refractivity contribution is -0.137. The first-order chi connectivity index (χ1) is 10.4. The fourth-order valence-electron chi connectivity index (χ4n) is 1.88. The Morgan fingerprint density at radius 1 is 1.05 bits per heavy atom. The molecule has 0 spiro atoms. The Hall–Kier alpha value is -2.21. The highest BCUT2D eigenvalue weighted by atomic mass is 19.4. The van der Waals surface area contributed by atoms with Crippen LogP contribution >= 0.6 is 0 Å². The van der Waals surface area contributed by atoms with Crippen molar-refractivity contribution in [2.24, 2.45) is 0 Å². The lowest BCUT2D eigenvalue weighted by atomic mass is 10.1. The third kappa shape index (κ3) is 4.14. The van der Waals surface area contributed by atoms with Crippen molar-refractivity contribution in [3.8, 4) is 11.5 Å². The second kappa shape index (κ2) is 6.70. The third-order valence-corrected chi connectivity index (χ3v) is 3.05. The largest absolute Gasteiger partial charge is 0.497 e. The van der Waals surface area contributed by atoms with Crippen LogP contribution < -0.4 is 9.47 Å². The maximum absolute atomic E-state index is 12.6. The first-order valence-electron chi connectivity index (χ1n) is 6.52. The Morgan fingerprint density at radius 2 is 1.73 bits per heavy atom. The summed E-state index contributed by atoms with van der Waals surface area (Å²) in [7, 11) is 1.50. The fraction of sp³-hybridized carbons (Fsp3) is 0.250. The topological polar surface area (TPSA) is 38.7 Å². The number of methoxy groups -OCH3 is 1. The first kappa shape index (κ1) is 16.2. The Bertz CT molecular complexity index is 626. The summed E-state index contributed by atoms with van der Waals surface area (Å²) in [4.78, 5) is 0. The number of rotatable bonds is 5. The standard InChI is InChI=1S/C16H15F3O3/c1-21-13-6-2-4-11(8-13)15(20)10-22-14-7-3-5-12(9-14)16(17,18)19/h2-9,15,20H,10H2,1H3. The average molecular weight is 312 g/mol. The molecule has 0 fully saturated rings. The van der Waals surface area contributed by atoms with Gasteiger partial charge in [0.05, 0.1) is 12.7 Å². The van der Waals surface area contributed by atoms with Gasteiger partial charge in [0.25, 0.3) is 0 Å². The van der Waals surface area contributed by atoms with Gasteiger partial charge in [0.15, 0.2) is 0 Å². The van der Waals surface area contributed by atoms with E-state index in [9.17, 15) is 18.3 Å². The second-order valence-corrected chi connectivity index (χ2v) is 4.63. The summed E-state index contributed by atoms with van der Waals surface area (Å²) in [5.74, 6) is 0.632. The SMILES string of the molecule is COc1cccc(C(O)COc2cccc(C(F)(F)F)c2)c1. The number of halogens is 3. The van der Waals surface area contributed by atoms with Crippen molar-refractivity contribution in [1.29, 1.82) is 0 Å². The van der Waals surface area contributed by atoms with Crippen LogP contribution in [0.15, 0.2) is 48.5 Å². The minimum Gasteiger partial charge on any atom is -0.497 e. The fourth-order valence-corrected chi connectivity index (χ4v) is 1.88. The summed E-state index contributed by atoms with van der Waals surface area (Å²) in [5.41, 5.74) is -0.229. The van der Waals surface area contributed by atoms with E-state index < -0.39 is 17.8 Å². The molecule has 1 N–H and O–H groups in total. The molecule has 0 radical (unpaired) electrons. The molecular formula is C16H15F3O3. The summed E-state index contributed by atoms with van der Waals surface area (Å²) >= 11 is 0. The Morgan fingerprint density at radius 3 is 2.41 bits per heavy atom. The molecule has 6 heteroatoms. The van der Waals surface area contributed by atoms with Crippen LogP contribution in [0.5, 0.6) is 11.5 Å². The van der Waals surface area contributed by atoms with Gasteiger partial charge in [0.1, 0.15) is 24.2 Å². The maximum Gasteiger partial charge on any atom is 0.416 e. The summed E-state index contributed by atoms with van der Waals surface area (Å²) in [6, 6.07) is 11.3. The van der Waals surface area contributed by atoms with E-state index in [0.29, 0.717) is 11.3 Å². The lowest BCUT2D eigenvalue weighted by Crippen LogP contribution is -2.11. The van der Waals surface area contributed by atoms with Crippen LogP contribution in [-0.4, -0.2) is 18.8 Å². The van der Waals surface area contributed by atoms with Gasteiger partial charge in [-0.15, -0.1) is 0 Å². The van der Waals surface area contributed by atoms with Gasteiger partial charge >= 0.3 is 6.18 Å². The van der Waals surface area contributed by atoms with Gasteiger partial charge in [0.2, 0.25) is 0 Å². The van der Waals surface area contributed by atoms with Gasteiger partial charge in [-0.1, -0.05) is 18.2 Å². The average Bonchev–Trinajstić information content (AvgIpc) is 2.52. The van der Waals surface area contributed by atoms with Crippen molar-refractivity contribution in [2.45, 2.75) is 12.3 Å². The number of aliphatic hydroxyl groups is 1. The van der Waals surface area contributed by atoms with Crippen molar-refractivity contribution in [3.63, 3.8) is 0 Å². The Labute approximate surface area is 125 Å². The molecule has 2 rings (SSSR count). The number of alkyl halides is 3. The molecule has 0 bridgehead atoms. The zero-order valence-electron chi connectivity index (χ0n) is 11.8. The van der Waals surface area contributed by atoms with Gasteiger partial charge in [-0.25, -0.2) is 0 Å². The zero-order chi connectivity index (χ0) is 16.2. The van der Waals surface area contributed by atoms with E-state index in [0.717, 1.165) is 12.1 Å². The van der Waals surface area contributed by atoms with E-state index >= 15 is 0 Å². The van der Waals surface area contributed by atoms with Gasteiger partial charge in [0, 0.05) is 0 Å². The molecule has 0 saturated heterocycles. The van der Waals surface area contributed by atoms with Crippen molar-refractivity contribution in [2.75, 3.05) is 13.7 Å². The highest BCUT2D eigenvalue weighted by molar-refractivity contribution is 5.31. The van der Waals surface area contributed by atoms with Crippen LogP contribution in [-0.2, 0) is 6.18 Å². The van der Waals surface area contributed by atoms with Crippen molar-refractivity contribution < 1.29 is 27.8 Å². The van der Waals surface area contributed by atoms with Crippen LogP contribution in [0, 0.1) is 0 Å². The number of hydrogen-bond donors (Lipinski definition) is 1. The minimum atomic E-state index is -4.43. The molecule has 0 aromatic heterocycles. The van der Waals surface area contributed by atoms with Gasteiger partial charge in [-0.2, -0.15) is 13.2 Å². The van der Waals surface area contributed by atoms with Crippen LogP contribution in [0.25, 0.3) is 0 Å². The molecule has 1 unspecified atom stereocenters. The molecule has 3 nitrogen and oxygen atoms in total. The second-order valence-electron chi connectivity index (χ2n) is 4.63. The van der Waals surface area contributed by atoms with E-state index in [4.69, 9.17) is 9.47 Å². The van der Waals surface area contributed by atoms with Crippen LogP contribution in [0.2, 0.25) is 0 Å². The summed E-state index contributed by atoms with van der Waals surface area (Å²) < 4.78 is 48.1. The number of aliphatic hydroxyl groups excluding tert-OH is 1. The molecule has 0 saturated carbocycles. The number of ether oxygens (including phenoxy) is 2. The molecule has 0 amide bonds. The van der Waals surface area contributed by atoms with E-state index in [1.165, 1.54) is 19.2 Å². The predicted octanol–water partition coefficient (Wildman–Crippen LogP) is 3.83. The number of benzene rings is 2. The highest BCUT2D eigenvalue weighted by Gasteiger charge is 2.30. The first-order valence-corrected chi connectivity index (χ1v) is 6.52. The van der Waals surface area contributed by atoms with Gasteiger partial charge < -0.3 is 14.6 Å². The summed E-state index contributed by atoms with van der Waals surface area (Å²) in [5, 5.41) is 10.0. The van der Waals surface area contributed by atoms with Crippen LogP contribution in [0.1, 0.15) is 17.2 Å².